The van der Waals surface area contributed by atoms with E-state index in [1.165, 1.54) is 3.57 Å². The Morgan fingerprint density at radius 2 is 1.89 bits per heavy atom. The average molecular weight is 370 g/mol. The van der Waals surface area contributed by atoms with Crippen LogP contribution in [0, 0.1) is 14.9 Å². The second-order valence-electron chi connectivity index (χ2n) is 3.67. The van der Waals surface area contributed by atoms with Crippen LogP contribution in [0.4, 0.5) is 0 Å². The number of hydrogen-bond donors (Lipinski definition) is 0. The molecule has 2 nitrogen and oxygen atoms in total. The molecule has 0 saturated heterocycles. The number of nitrogens with zero attached hydrogens (tertiary/aromatic N) is 1. The lowest BCUT2D eigenvalue weighted by Gasteiger charge is -2.07. The average Bonchev–Trinajstić information content (AvgIpc) is 2.38. The SMILES string of the molecule is N#Cc1ccc(OCc2ccc(I)cc2)cc1Cl. The predicted octanol–water partition coefficient (Wildman–Crippen LogP) is 4.40. The first-order valence-corrected chi connectivity index (χ1v) is 6.71. The van der Waals surface area contributed by atoms with Crippen molar-refractivity contribution in [3.8, 4) is 11.8 Å². The molecular formula is C14H9ClINO. The van der Waals surface area contributed by atoms with Gasteiger partial charge in [0.2, 0.25) is 0 Å². The maximum Gasteiger partial charge on any atom is 0.121 e. The van der Waals surface area contributed by atoms with Crippen LogP contribution in [0.5, 0.6) is 5.75 Å². The molecule has 0 atom stereocenters. The summed E-state index contributed by atoms with van der Waals surface area (Å²) in [5, 5.41) is 9.18. The van der Waals surface area contributed by atoms with Crippen molar-refractivity contribution in [2.24, 2.45) is 0 Å². The fraction of sp³-hybridized carbons (Fsp3) is 0.0714. The Kier molecular flexibility index (Phi) is 4.45. The summed E-state index contributed by atoms with van der Waals surface area (Å²) in [6.07, 6.45) is 0. The van der Waals surface area contributed by atoms with E-state index in [9.17, 15) is 0 Å². The van der Waals surface area contributed by atoms with Gasteiger partial charge in [0, 0.05) is 9.64 Å². The third-order valence-corrected chi connectivity index (χ3v) is 3.41. The van der Waals surface area contributed by atoms with Crippen molar-refractivity contribution in [2.45, 2.75) is 6.61 Å². The molecule has 0 unspecified atom stereocenters. The van der Waals surface area contributed by atoms with Gasteiger partial charge in [0.15, 0.2) is 0 Å². The number of nitriles is 1. The zero-order chi connectivity index (χ0) is 13.0. The van der Waals surface area contributed by atoms with Crippen molar-refractivity contribution in [3.63, 3.8) is 0 Å². The van der Waals surface area contributed by atoms with Crippen LogP contribution in [-0.2, 0) is 6.61 Å². The highest BCUT2D eigenvalue weighted by Gasteiger charge is 2.02. The van der Waals surface area contributed by atoms with Gasteiger partial charge in [-0.2, -0.15) is 5.26 Å². The van der Waals surface area contributed by atoms with Crippen molar-refractivity contribution in [3.05, 3.63) is 62.2 Å². The van der Waals surface area contributed by atoms with Crippen LogP contribution in [0.15, 0.2) is 42.5 Å². The molecule has 0 aliphatic rings. The van der Waals surface area contributed by atoms with Crippen LogP contribution >= 0.6 is 34.2 Å². The summed E-state index contributed by atoms with van der Waals surface area (Å²) >= 11 is 8.19. The van der Waals surface area contributed by atoms with E-state index in [1.807, 2.05) is 30.3 Å². The first kappa shape index (κ1) is 13.2. The maximum absolute atomic E-state index is 8.77. The van der Waals surface area contributed by atoms with E-state index in [4.69, 9.17) is 21.6 Å². The first-order chi connectivity index (χ1) is 8.69. The molecule has 0 N–H and O–H groups in total. The van der Waals surface area contributed by atoms with Gasteiger partial charge in [-0.25, -0.2) is 0 Å². The third kappa shape index (κ3) is 3.37. The Hall–Kier alpha value is -1.25. The molecule has 0 spiro atoms. The highest BCUT2D eigenvalue weighted by molar-refractivity contribution is 14.1. The Balaban J connectivity index is 2.04. The summed E-state index contributed by atoms with van der Waals surface area (Å²) in [5.41, 5.74) is 1.55. The molecule has 0 heterocycles. The molecule has 0 amide bonds. The standard InChI is InChI=1S/C14H9ClINO/c15-14-7-13(6-3-11(14)8-17)18-9-10-1-4-12(16)5-2-10/h1-7H,9H2. The second kappa shape index (κ2) is 6.07. The summed E-state index contributed by atoms with van der Waals surface area (Å²) in [4.78, 5) is 0. The molecule has 4 heteroatoms. The molecule has 0 bridgehead atoms. The smallest absolute Gasteiger partial charge is 0.121 e. The lowest BCUT2D eigenvalue weighted by Crippen LogP contribution is -1.95. The van der Waals surface area contributed by atoms with E-state index >= 15 is 0 Å². The van der Waals surface area contributed by atoms with Crippen LogP contribution in [0.3, 0.4) is 0 Å². The van der Waals surface area contributed by atoms with Crippen LogP contribution in [-0.4, -0.2) is 0 Å². The minimum atomic E-state index is 0.414. The molecule has 2 aromatic carbocycles. The highest BCUT2D eigenvalue weighted by Crippen LogP contribution is 2.22. The van der Waals surface area contributed by atoms with Crippen molar-refractivity contribution < 1.29 is 4.74 Å². The quantitative estimate of drug-likeness (QED) is 0.752. The van der Waals surface area contributed by atoms with Crippen molar-refractivity contribution in [2.75, 3.05) is 0 Å². The van der Waals surface area contributed by atoms with Gasteiger partial charge in [0.05, 0.1) is 10.6 Å². The number of hydrogen-bond acceptors (Lipinski definition) is 2. The molecule has 0 aliphatic carbocycles. The van der Waals surface area contributed by atoms with Gasteiger partial charge in [0.1, 0.15) is 18.4 Å². The van der Waals surface area contributed by atoms with Gasteiger partial charge < -0.3 is 4.74 Å². The van der Waals surface area contributed by atoms with Gasteiger partial charge in [-0.15, -0.1) is 0 Å². The molecule has 2 rings (SSSR count). The zero-order valence-corrected chi connectivity index (χ0v) is 12.3. The van der Waals surface area contributed by atoms with Gasteiger partial charge in [-0.05, 0) is 52.4 Å². The topological polar surface area (TPSA) is 33.0 Å². The summed E-state index contributed by atoms with van der Waals surface area (Å²) in [7, 11) is 0. The van der Waals surface area contributed by atoms with Crippen molar-refractivity contribution >= 4 is 34.2 Å². The Morgan fingerprint density at radius 3 is 2.50 bits per heavy atom. The summed E-state index contributed by atoms with van der Waals surface area (Å²) < 4.78 is 6.81. The van der Waals surface area contributed by atoms with Crippen LogP contribution in [0.25, 0.3) is 0 Å². The number of halogens is 2. The molecule has 0 radical (unpaired) electrons. The maximum atomic E-state index is 8.77. The fourth-order valence-electron chi connectivity index (χ4n) is 1.42. The van der Waals surface area contributed by atoms with E-state index in [-0.39, 0.29) is 0 Å². The highest BCUT2D eigenvalue weighted by atomic mass is 127. The summed E-state index contributed by atoms with van der Waals surface area (Å²) in [5.74, 6) is 0.664. The lowest BCUT2D eigenvalue weighted by molar-refractivity contribution is 0.306. The largest absolute Gasteiger partial charge is 0.489 e. The van der Waals surface area contributed by atoms with E-state index in [0.717, 1.165) is 5.56 Å². The predicted molar refractivity (Wildman–Crippen MR) is 79.7 cm³/mol. The fourth-order valence-corrected chi connectivity index (χ4v) is 2.00. The van der Waals surface area contributed by atoms with E-state index < -0.39 is 0 Å². The normalized spacial score (nSPS) is 9.83. The van der Waals surface area contributed by atoms with E-state index in [1.54, 1.807) is 18.2 Å². The van der Waals surface area contributed by atoms with Crippen LogP contribution in [0.1, 0.15) is 11.1 Å². The molecule has 2 aromatic rings. The summed E-state index contributed by atoms with van der Waals surface area (Å²) in [6.45, 7) is 0.485. The molecule has 0 saturated carbocycles. The first-order valence-electron chi connectivity index (χ1n) is 5.26. The van der Waals surface area contributed by atoms with Crippen molar-refractivity contribution in [1.29, 1.82) is 5.26 Å². The van der Waals surface area contributed by atoms with Gasteiger partial charge in [-0.3, -0.25) is 0 Å². The van der Waals surface area contributed by atoms with Gasteiger partial charge in [0.25, 0.3) is 0 Å². The lowest BCUT2D eigenvalue weighted by atomic mass is 10.2. The second-order valence-corrected chi connectivity index (χ2v) is 5.32. The Morgan fingerprint density at radius 1 is 1.17 bits per heavy atom. The molecule has 90 valence electrons. The Bertz CT molecular complexity index is 590. The Labute approximate surface area is 124 Å². The number of ether oxygens (including phenoxy) is 1. The van der Waals surface area contributed by atoms with Crippen molar-refractivity contribution in [1.82, 2.24) is 0 Å². The number of benzene rings is 2. The zero-order valence-electron chi connectivity index (χ0n) is 9.36. The summed E-state index contributed by atoms with van der Waals surface area (Å²) in [6, 6.07) is 15.2. The third-order valence-electron chi connectivity index (χ3n) is 2.38. The van der Waals surface area contributed by atoms with Crippen LogP contribution < -0.4 is 4.74 Å². The minimum Gasteiger partial charge on any atom is -0.489 e. The molecule has 0 aliphatic heterocycles. The molecule has 0 fully saturated rings. The molecule has 0 aromatic heterocycles. The van der Waals surface area contributed by atoms with E-state index in [0.29, 0.717) is 22.9 Å². The van der Waals surface area contributed by atoms with Gasteiger partial charge in [-0.1, -0.05) is 23.7 Å². The minimum absolute atomic E-state index is 0.414. The van der Waals surface area contributed by atoms with Gasteiger partial charge >= 0.3 is 0 Å². The molecular weight excluding hydrogens is 361 g/mol. The van der Waals surface area contributed by atoms with E-state index in [2.05, 4.69) is 22.6 Å². The monoisotopic (exact) mass is 369 g/mol. The molecule has 18 heavy (non-hydrogen) atoms. The number of rotatable bonds is 3. The van der Waals surface area contributed by atoms with Crippen LogP contribution in [0.2, 0.25) is 5.02 Å².